The van der Waals surface area contributed by atoms with Gasteiger partial charge in [-0.15, -0.1) is 0 Å². The second-order valence-electron chi connectivity index (χ2n) is 4.55. The molecule has 1 saturated carbocycles. The van der Waals surface area contributed by atoms with Crippen LogP contribution in [0.5, 0.6) is 5.75 Å². The van der Waals surface area contributed by atoms with Gasteiger partial charge in [-0.05, 0) is 30.5 Å². The number of aliphatic hydroxyl groups is 1. The molecule has 2 rings (SSSR count). The second kappa shape index (κ2) is 4.39. The van der Waals surface area contributed by atoms with Gasteiger partial charge in [-0.3, -0.25) is 0 Å². The van der Waals surface area contributed by atoms with Crippen molar-refractivity contribution in [3.05, 3.63) is 29.6 Å². The summed E-state index contributed by atoms with van der Waals surface area (Å²) < 4.78 is 13.0. The summed E-state index contributed by atoms with van der Waals surface area (Å²) >= 11 is 0. The Balaban J connectivity index is 1.83. The van der Waals surface area contributed by atoms with Crippen LogP contribution in [0.25, 0.3) is 0 Å². The van der Waals surface area contributed by atoms with Crippen LogP contribution in [0.3, 0.4) is 0 Å². The molecule has 1 aromatic carbocycles. The molecule has 0 aromatic heterocycles. The summed E-state index contributed by atoms with van der Waals surface area (Å²) in [7, 11) is 0. The van der Waals surface area contributed by atoms with E-state index in [1.165, 1.54) is 12.1 Å². The Bertz CT molecular complexity index is 377. The molecule has 1 aromatic rings. The Morgan fingerprint density at radius 2 is 2.12 bits per heavy atom. The molecule has 16 heavy (non-hydrogen) atoms. The quantitative estimate of drug-likeness (QED) is 0.710. The zero-order valence-electron chi connectivity index (χ0n) is 9.04. The van der Waals surface area contributed by atoms with Gasteiger partial charge in [0.15, 0.2) is 11.6 Å². The molecule has 1 fully saturated rings. The van der Waals surface area contributed by atoms with Gasteiger partial charge in [0, 0.05) is 25.1 Å². The largest absolute Gasteiger partial charge is 0.505 e. The van der Waals surface area contributed by atoms with E-state index in [-0.39, 0.29) is 17.8 Å². The van der Waals surface area contributed by atoms with Gasteiger partial charge >= 0.3 is 0 Å². The van der Waals surface area contributed by atoms with E-state index in [4.69, 9.17) is 10.2 Å². The summed E-state index contributed by atoms with van der Waals surface area (Å²) in [6.07, 6.45) is 2.11. The molecule has 0 aliphatic heterocycles. The van der Waals surface area contributed by atoms with Crippen molar-refractivity contribution < 1.29 is 14.6 Å². The first kappa shape index (κ1) is 11.4. The van der Waals surface area contributed by atoms with Gasteiger partial charge in [0.25, 0.3) is 0 Å². The van der Waals surface area contributed by atoms with Crippen LogP contribution < -0.4 is 5.32 Å². The van der Waals surface area contributed by atoms with E-state index in [9.17, 15) is 4.39 Å². The monoisotopic (exact) mass is 225 g/mol. The van der Waals surface area contributed by atoms with Gasteiger partial charge in [0.05, 0.1) is 0 Å². The average Bonchev–Trinajstić information content (AvgIpc) is 3.04. The lowest BCUT2D eigenvalue weighted by Gasteiger charge is -2.12. The summed E-state index contributed by atoms with van der Waals surface area (Å²) in [6.45, 7) is 1.52. The number of halogens is 1. The molecule has 88 valence electrons. The first-order valence-corrected chi connectivity index (χ1v) is 5.44. The minimum atomic E-state index is -0.595. The molecule has 0 heterocycles. The molecule has 1 aliphatic rings. The van der Waals surface area contributed by atoms with Gasteiger partial charge in [-0.2, -0.15) is 0 Å². The van der Waals surface area contributed by atoms with Crippen LogP contribution in [0.2, 0.25) is 0 Å². The summed E-state index contributed by atoms with van der Waals surface area (Å²) in [5.41, 5.74) is 0.860. The first-order chi connectivity index (χ1) is 7.65. The van der Waals surface area contributed by atoms with Gasteiger partial charge in [-0.1, -0.05) is 6.07 Å². The summed E-state index contributed by atoms with van der Waals surface area (Å²) in [6, 6.07) is 4.36. The Kier molecular flexibility index (Phi) is 3.12. The number of phenols is 1. The summed E-state index contributed by atoms with van der Waals surface area (Å²) in [5, 5.41) is 21.3. The van der Waals surface area contributed by atoms with Gasteiger partial charge in [-0.25, -0.2) is 4.39 Å². The average molecular weight is 225 g/mol. The second-order valence-corrected chi connectivity index (χ2v) is 4.55. The molecule has 0 amide bonds. The predicted molar refractivity (Wildman–Crippen MR) is 58.5 cm³/mol. The van der Waals surface area contributed by atoms with E-state index < -0.39 is 5.82 Å². The number of rotatable bonds is 5. The highest BCUT2D eigenvalue weighted by molar-refractivity contribution is 5.27. The predicted octanol–water partition coefficient (Wildman–Crippen LogP) is 1.39. The molecule has 1 aliphatic carbocycles. The van der Waals surface area contributed by atoms with Crippen LogP contribution in [0, 0.1) is 11.2 Å². The third-order valence-electron chi connectivity index (χ3n) is 3.13. The van der Waals surface area contributed by atoms with Crippen molar-refractivity contribution in [2.75, 3.05) is 13.2 Å². The molecule has 3 N–H and O–H groups in total. The fourth-order valence-corrected chi connectivity index (χ4v) is 1.70. The van der Waals surface area contributed by atoms with Crippen LogP contribution in [0.1, 0.15) is 18.4 Å². The number of benzene rings is 1. The Morgan fingerprint density at radius 3 is 2.69 bits per heavy atom. The van der Waals surface area contributed by atoms with Crippen LogP contribution in [0.4, 0.5) is 4.39 Å². The SMILES string of the molecule is OCC1(CNCc2ccc(O)c(F)c2)CC1. The van der Waals surface area contributed by atoms with Gasteiger partial charge in [0.2, 0.25) is 0 Å². The first-order valence-electron chi connectivity index (χ1n) is 5.44. The third kappa shape index (κ3) is 2.51. The lowest BCUT2D eigenvalue weighted by Crippen LogP contribution is -2.26. The van der Waals surface area contributed by atoms with Crippen molar-refractivity contribution >= 4 is 0 Å². The van der Waals surface area contributed by atoms with Crippen molar-refractivity contribution in [2.45, 2.75) is 19.4 Å². The number of hydrogen-bond acceptors (Lipinski definition) is 3. The maximum atomic E-state index is 13.0. The van der Waals surface area contributed by atoms with E-state index in [0.29, 0.717) is 6.54 Å². The topological polar surface area (TPSA) is 52.5 Å². The number of nitrogens with one attached hydrogen (secondary N) is 1. The van der Waals surface area contributed by atoms with E-state index in [2.05, 4.69) is 5.32 Å². The van der Waals surface area contributed by atoms with Crippen LogP contribution >= 0.6 is 0 Å². The van der Waals surface area contributed by atoms with E-state index in [0.717, 1.165) is 24.9 Å². The van der Waals surface area contributed by atoms with Crippen LogP contribution in [-0.2, 0) is 6.54 Å². The fourth-order valence-electron chi connectivity index (χ4n) is 1.70. The number of phenolic OH excluding ortho intramolecular Hbond substituents is 1. The zero-order valence-corrected chi connectivity index (χ0v) is 9.04. The Labute approximate surface area is 93.9 Å². The van der Waals surface area contributed by atoms with Gasteiger partial charge in [0.1, 0.15) is 0 Å². The van der Waals surface area contributed by atoms with E-state index >= 15 is 0 Å². The smallest absolute Gasteiger partial charge is 0.165 e. The van der Waals surface area contributed by atoms with Crippen molar-refractivity contribution in [2.24, 2.45) is 5.41 Å². The third-order valence-corrected chi connectivity index (χ3v) is 3.13. The number of hydrogen-bond donors (Lipinski definition) is 3. The van der Waals surface area contributed by atoms with Crippen molar-refractivity contribution in [3.8, 4) is 5.75 Å². The van der Waals surface area contributed by atoms with Crippen molar-refractivity contribution in [1.82, 2.24) is 5.32 Å². The van der Waals surface area contributed by atoms with Gasteiger partial charge < -0.3 is 15.5 Å². The normalized spacial score (nSPS) is 17.4. The van der Waals surface area contributed by atoms with E-state index in [1.807, 2.05) is 0 Å². The Hall–Kier alpha value is -1.13. The highest BCUT2D eigenvalue weighted by Crippen LogP contribution is 2.44. The van der Waals surface area contributed by atoms with Crippen LogP contribution in [0.15, 0.2) is 18.2 Å². The standard InChI is InChI=1S/C12H16FNO2/c13-10-5-9(1-2-11(10)16)6-14-7-12(8-15)3-4-12/h1-2,5,14-16H,3-4,6-8H2. The van der Waals surface area contributed by atoms with E-state index in [1.54, 1.807) is 6.07 Å². The molecule has 0 bridgehead atoms. The lowest BCUT2D eigenvalue weighted by atomic mass is 10.1. The fraction of sp³-hybridized carbons (Fsp3) is 0.500. The molecule has 0 atom stereocenters. The summed E-state index contributed by atoms with van der Waals surface area (Å²) in [5.74, 6) is -0.916. The molecule has 0 unspecified atom stereocenters. The zero-order chi connectivity index (χ0) is 11.6. The molecule has 0 radical (unpaired) electrons. The van der Waals surface area contributed by atoms with Crippen LogP contribution in [-0.4, -0.2) is 23.4 Å². The summed E-state index contributed by atoms with van der Waals surface area (Å²) in [4.78, 5) is 0. The molecule has 0 spiro atoms. The highest BCUT2D eigenvalue weighted by Gasteiger charge is 2.41. The highest BCUT2D eigenvalue weighted by atomic mass is 19.1. The van der Waals surface area contributed by atoms with Crippen molar-refractivity contribution in [3.63, 3.8) is 0 Å². The minimum absolute atomic E-state index is 0.0649. The maximum absolute atomic E-state index is 13.0. The maximum Gasteiger partial charge on any atom is 0.165 e. The lowest BCUT2D eigenvalue weighted by molar-refractivity contribution is 0.207. The molecular weight excluding hydrogens is 209 g/mol. The minimum Gasteiger partial charge on any atom is -0.505 e. The molecule has 4 heteroatoms. The number of aromatic hydroxyl groups is 1. The molecular formula is C12H16FNO2. The molecule has 3 nitrogen and oxygen atoms in total. The number of aliphatic hydroxyl groups excluding tert-OH is 1. The molecule has 0 saturated heterocycles. The Morgan fingerprint density at radius 1 is 1.38 bits per heavy atom. The van der Waals surface area contributed by atoms with Crippen molar-refractivity contribution in [1.29, 1.82) is 0 Å².